The van der Waals surface area contributed by atoms with E-state index in [1.807, 2.05) is 13.8 Å². The molecule has 29 heavy (non-hydrogen) atoms. The number of H-pyrrole nitrogens is 1. The van der Waals surface area contributed by atoms with Crippen LogP contribution in [0.5, 0.6) is 17.2 Å². The van der Waals surface area contributed by atoms with E-state index in [-0.39, 0.29) is 22.8 Å². The van der Waals surface area contributed by atoms with Gasteiger partial charge in [0.25, 0.3) is 5.69 Å². The largest absolute Gasteiger partial charge is 0.507 e. The Kier molecular flexibility index (Phi) is 5.93. The molecule has 1 atom stereocenters. The lowest BCUT2D eigenvalue weighted by Crippen LogP contribution is -2.14. The van der Waals surface area contributed by atoms with E-state index in [2.05, 4.69) is 15.2 Å². The number of non-ortho nitro benzene ring substituents is 1. The molecule has 0 unspecified atom stereocenters. The van der Waals surface area contributed by atoms with Crippen molar-refractivity contribution in [3.63, 3.8) is 0 Å². The first kappa shape index (κ1) is 20.1. The Labute approximate surface area is 166 Å². The van der Waals surface area contributed by atoms with Gasteiger partial charge in [0.15, 0.2) is 17.3 Å². The second-order valence-electron chi connectivity index (χ2n) is 6.05. The summed E-state index contributed by atoms with van der Waals surface area (Å²) in [6, 6.07) is 8.31. The zero-order valence-corrected chi connectivity index (χ0v) is 16.0. The smallest absolute Gasteiger partial charge is 0.270 e. The summed E-state index contributed by atoms with van der Waals surface area (Å²) in [6.07, 6.45) is 0. The highest BCUT2D eigenvalue weighted by Gasteiger charge is 2.20. The summed E-state index contributed by atoms with van der Waals surface area (Å²) in [7, 11) is 0. The lowest BCUT2D eigenvalue weighted by atomic mass is 10.1. The average Bonchev–Trinajstić information content (AvgIpc) is 3.19. The first-order valence-corrected chi connectivity index (χ1v) is 8.99. The number of ether oxygens (including phenoxy) is 2. The molecule has 10 nitrogen and oxygen atoms in total. The van der Waals surface area contributed by atoms with E-state index in [1.165, 1.54) is 18.2 Å². The molecule has 0 radical (unpaired) electrons. The van der Waals surface area contributed by atoms with Gasteiger partial charge < -0.3 is 20.3 Å². The highest BCUT2D eigenvalue weighted by molar-refractivity contribution is 5.67. The van der Waals surface area contributed by atoms with Crippen molar-refractivity contribution >= 4 is 5.69 Å². The minimum absolute atomic E-state index is 0.104. The number of phenols is 1. The highest BCUT2D eigenvalue weighted by atomic mass is 16.6. The second kappa shape index (κ2) is 8.57. The zero-order valence-electron chi connectivity index (χ0n) is 16.0. The van der Waals surface area contributed by atoms with Gasteiger partial charge in [0, 0.05) is 12.1 Å². The molecule has 0 saturated carbocycles. The number of benzene rings is 2. The summed E-state index contributed by atoms with van der Waals surface area (Å²) < 4.78 is 11.2. The minimum atomic E-state index is -0.660. The number of rotatable bonds is 8. The maximum Gasteiger partial charge on any atom is 0.270 e. The molecule has 10 heteroatoms. The van der Waals surface area contributed by atoms with Gasteiger partial charge in [-0.2, -0.15) is 5.10 Å². The van der Waals surface area contributed by atoms with Crippen LogP contribution < -0.4 is 15.2 Å². The van der Waals surface area contributed by atoms with Gasteiger partial charge in [0.2, 0.25) is 0 Å². The fourth-order valence-corrected chi connectivity index (χ4v) is 2.77. The molecule has 0 amide bonds. The van der Waals surface area contributed by atoms with Crippen LogP contribution in [0.3, 0.4) is 0 Å². The van der Waals surface area contributed by atoms with Crippen molar-refractivity contribution in [2.75, 3.05) is 13.2 Å². The molecular weight excluding hydrogens is 378 g/mol. The number of nitro benzene ring substituents is 1. The van der Waals surface area contributed by atoms with E-state index in [0.29, 0.717) is 36.1 Å². The Morgan fingerprint density at radius 1 is 1.17 bits per heavy atom. The van der Waals surface area contributed by atoms with E-state index >= 15 is 0 Å². The maximum absolute atomic E-state index is 11.0. The first-order valence-electron chi connectivity index (χ1n) is 8.99. The number of nitro groups is 1. The molecule has 2 aromatic carbocycles. The Balaban J connectivity index is 1.92. The molecule has 3 aromatic rings. The Morgan fingerprint density at radius 3 is 2.59 bits per heavy atom. The van der Waals surface area contributed by atoms with Gasteiger partial charge in [-0.1, -0.05) is 6.07 Å². The van der Waals surface area contributed by atoms with Crippen LogP contribution in [0.4, 0.5) is 5.69 Å². The van der Waals surface area contributed by atoms with Gasteiger partial charge in [-0.25, -0.2) is 4.98 Å². The van der Waals surface area contributed by atoms with Crippen LogP contribution in [0.25, 0.3) is 11.4 Å². The molecule has 0 aliphatic carbocycles. The first-order chi connectivity index (χ1) is 13.9. The lowest BCUT2D eigenvalue weighted by molar-refractivity contribution is -0.384. The van der Waals surface area contributed by atoms with Crippen LogP contribution in [-0.2, 0) is 0 Å². The summed E-state index contributed by atoms with van der Waals surface area (Å²) >= 11 is 0. The quantitative estimate of drug-likeness (QED) is 0.386. The summed E-state index contributed by atoms with van der Waals surface area (Å²) in [5.41, 5.74) is 6.98. The van der Waals surface area contributed by atoms with Crippen LogP contribution in [-0.4, -0.2) is 38.4 Å². The summed E-state index contributed by atoms with van der Waals surface area (Å²) in [6.45, 7) is 4.73. The number of nitrogens with two attached hydrogens (primary N) is 1. The van der Waals surface area contributed by atoms with Gasteiger partial charge in [0.05, 0.1) is 29.7 Å². The van der Waals surface area contributed by atoms with Crippen LogP contribution >= 0.6 is 0 Å². The normalized spacial score (nSPS) is 11.8. The minimum Gasteiger partial charge on any atom is -0.507 e. The third kappa shape index (κ3) is 4.27. The van der Waals surface area contributed by atoms with Crippen LogP contribution in [0, 0.1) is 10.1 Å². The van der Waals surface area contributed by atoms with E-state index in [1.54, 1.807) is 18.2 Å². The van der Waals surface area contributed by atoms with E-state index in [0.717, 1.165) is 0 Å². The van der Waals surface area contributed by atoms with Crippen LogP contribution in [0.15, 0.2) is 36.4 Å². The van der Waals surface area contributed by atoms with Crippen LogP contribution in [0.2, 0.25) is 0 Å². The van der Waals surface area contributed by atoms with Crippen LogP contribution in [0.1, 0.15) is 31.3 Å². The predicted molar refractivity (Wildman–Crippen MR) is 105 cm³/mol. The number of hydrogen-bond acceptors (Lipinski definition) is 8. The summed E-state index contributed by atoms with van der Waals surface area (Å²) in [5, 5.41) is 27.8. The monoisotopic (exact) mass is 399 g/mol. The predicted octanol–water partition coefficient (Wildman–Crippen LogP) is 2.93. The molecule has 0 aliphatic heterocycles. The molecule has 1 heterocycles. The van der Waals surface area contributed by atoms with Gasteiger partial charge in [-0.05, 0) is 37.6 Å². The van der Waals surface area contributed by atoms with E-state index < -0.39 is 11.0 Å². The third-order valence-corrected chi connectivity index (χ3v) is 4.16. The highest BCUT2D eigenvalue weighted by Crippen LogP contribution is 2.33. The summed E-state index contributed by atoms with van der Waals surface area (Å²) in [5.74, 6) is 1.45. The van der Waals surface area contributed by atoms with Crippen molar-refractivity contribution in [3.8, 4) is 28.6 Å². The number of hydrogen-bond donors (Lipinski definition) is 3. The van der Waals surface area contributed by atoms with Crippen molar-refractivity contribution < 1.29 is 19.5 Å². The third-order valence-electron chi connectivity index (χ3n) is 4.16. The van der Waals surface area contributed by atoms with E-state index in [9.17, 15) is 15.2 Å². The molecule has 0 bridgehead atoms. The number of nitrogens with one attached hydrogen (secondary N) is 1. The molecule has 0 spiro atoms. The molecule has 4 N–H and O–H groups in total. The lowest BCUT2D eigenvalue weighted by Gasteiger charge is -2.14. The average molecular weight is 399 g/mol. The Bertz CT molecular complexity index is 1020. The van der Waals surface area contributed by atoms with Crippen molar-refractivity contribution in [1.29, 1.82) is 0 Å². The Hall–Kier alpha value is -3.66. The van der Waals surface area contributed by atoms with Gasteiger partial charge >= 0.3 is 0 Å². The molecule has 0 fully saturated rings. The standard InChI is InChI=1S/C19H21N5O5/c1-3-28-15-8-5-11(9-16(15)29-4-2)17(20)19-21-18(22-23-19)13-10-12(24(26)27)6-7-14(13)25/h5-10,17,25H,3-4,20H2,1-2H3,(H,21,22,23)/t17-/m1/s1. The van der Waals surface area contributed by atoms with Gasteiger partial charge in [-0.15, -0.1) is 0 Å². The molecule has 152 valence electrons. The molecule has 0 saturated heterocycles. The summed E-state index contributed by atoms with van der Waals surface area (Å²) in [4.78, 5) is 14.7. The zero-order chi connectivity index (χ0) is 21.0. The number of aromatic nitrogens is 3. The van der Waals surface area contributed by atoms with Crippen molar-refractivity contribution in [3.05, 3.63) is 57.9 Å². The molecular formula is C19H21N5O5. The SMILES string of the molecule is CCOc1ccc([C@@H](N)c2nc(-c3cc([N+](=O)[O-])ccc3O)n[nH]2)cc1OCC. The van der Waals surface area contributed by atoms with Gasteiger partial charge in [0.1, 0.15) is 11.6 Å². The number of aromatic amines is 1. The molecule has 3 rings (SSSR count). The van der Waals surface area contributed by atoms with Crippen molar-refractivity contribution in [2.45, 2.75) is 19.9 Å². The van der Waals surface area contributed by atoms with Gasteiger partial charge in [-0.3, -0.25) is 15.2 Å². The van der Waals surface area contributed by atoms with Crippen molar-refractivity contribution in [1.82, 2.24) is 15.2 Å². The second-order valence-corrected chi connectivity index (χ2v) is 6.05. The Morgan fingerprint density at radius 2 is 1.90 bits per heavy atom. The number of phenolic OH excluding ortho intramolecular Hbond substituents is 1. The number of aromatic hydroxyl groups is 1. The molecule has 1 aromatic heterocycles. The fourth-order valence-electron chi connectivity index (χ4n) is 2.77. The van der Waals surface area contributed by atoms with Crippen molar-refractivity contribution in [2.24, 2.45) is 5.73 Å². The topological polar surface area (TPSA) is 149 Å². The maximum atomic E-state index is 11.0. The molecule has 0 aliphatic rings. The fraction of sp³-hybridized carbons (Fsp3) is 0.263. The number of nitrogens with zero attached hydrogens (tertiary/aromatic N) is 3. The van der Waals surface area contributed by atoms with E-state index in [4.69, 9.17) is 15.2 Å².